The number of carbonyl (C=O) groups excluding carboxylic acids is 2. The standard InChI is InChI=1S/C24H22N6O2S/c25-16-6-3-8-18-19(16)15(12-30(18)9-4-10-33-24(26)27)21-20(22(31)29-23(21)32)14-11-28-17-7-2-1-5-13(14)17/h1-3,5-8,11-12,28H,4,9-10,25H2,(H3,26,27)(H,29,31,32). The molecule has 3 heterocycles. The second kappa shape index (κ2) is 8.18. The Bertz CT molecular complexity index is 1480. The fourth-order valence-corrected chi connectivity index (χ4v) is 4.91. The van der Waals surface area contributed by atoms with Crippen molar-refractivity contribution in [2.45, 2.75) is 13.0 Å². The summed E-state index contributed by atoms with van der Waals surface area (Å²) >= 11 is 1.29. The highest BCUT2D eigenvalue weighted by molar-refractivity contribution is 8.13. The number of benzene rings is 2. The van der Waals surface area contributed by atoms with Gasteiger partial charge in [0.2, 0.25) is 0 Å². The molecule has 0 saturated heterocycles. The van der Waals surface area contributed by atoms with E-state index in [1.807, 2.05) is 47.2 Å². The maximum absolute atomic E-state index is 13.0. The summed E-state index contributed by atoms with van der Waals surface area (Å²) in [6.45, 7) is 0.658. The molecule has 0 fully saturated rings. The van der Waals surface area contributed by atoms with Crippen molar-refractivity contribution in [2.24, 2.45) is 5.73 Å². The number of aromatic nitrogens is 2. The second-order valence-corrected chi connectivity index (χ2v) is 8.96. The average Bonchev–Trinajstić information content (AvgIpc) is 3.44. The Morgan fingerprint density at radius 3 is 2.58 bits per heavy atom. The van der Waals surface area contributed by atoms with E-state index in [1.165, 1.54) is 11.8 Å². The van der Waals surface area contributed by atoms with E-state index in [0.29, 0.717) is 40.3 Å². The van der Waals surface area contributed by atoms with Gasteiger partial charge in [-0.05, 0) is 24.6 Å². The van der Waals surface area contributed by atoms with Crippen LogP contribution in [0.5, 0.6) is 0 Å². The van der Waals surface area contributed by atoms with Gasteiger partial charge in [0.15, 0.2) is 5.17 Å². The van der Waals surface area contributed by atoms with E-state index in [0.717, 1.165) is 28.2 Å². The number of nitrogens with two attached hydrogens (primary N) is 2. The summed E-state index contributed by atoms with van der Waals surface area (Å²) in [7, 11) is 0. The minimum absolute atomic E-state index is 0.0898. The number of carbonyl (C=O) groups is 2. The second-order valence-electron chi connectivity index (χ2n) is 7.82. The zero-order chi connectivity index (χ0) is 23.1. The first-order valence-electron chi connectivity index (χ1n) is 10.5. The third-order valence-corrected chi connectivity index (χ3v) is 6.60. The maximum Gasteiger partial charge on any atom is 0.259 e. The SMILES string of the molecule is N=C(N)SCCCn1cc(C2=C(c3c[nH]c4ccccc34)C(=O)NC2=O)c2c(N)cccc21. The number of fused-ring (bicyclic) bond motifs is 2. The van der Waals surface area contributed by atoms with Gasteiger partial charge in [-0.25, -0.2) is 0 Å². The molecule has 0 aliphatic carbocycles. The topological polar surface area (TPSA) is 143 Å². The Morgan fingerprint density at radius 2 is 1.79 bits per heavy atom. The van der Waals surface area contributed by atoms with Crippen LogP contribution >= 0.6 is 11.8 Å². The van der Waals surface area contributed by atoms with Crippen molar-refractivity contribution in [3.05, 3.63) is 66.0 Å². The predicted molar refractivity (Wildman–Crippen MR) is 134 cm³/mol. The molecule has 8 nitrogen and oxygen atoms in total. The van der Waals surface area contributed by atoms with Crippen molar-refractivity contribution in [1.82, 2.24) is 14.9 Å². The highest BCUT2D eigenvalue weighted by Gasteiger charge is 2.35. The molecule has 0 bridgehead atoms. The summed E-state index contributed by atoms with van der Waals surface area (Å²) in [4.78, 5) is 29.2. The van der Waals surface area contributed by atoms with E-state index >= 15 is 0 Å². The van der Waals surface area contributed by atoms with Crippen LogP contribution in [0.15, 0.2) is 54.9 Å². The van der Waals surface area contributed by atoms with Gasteiger partial charge < -0.3 is 21.0 Å². The number of nitrogens with zero attached hydrogens (tertiary/aromatic N) is 1. The third kappa shape index (κ3) is 3.56. The van der Waals surface area contributed by atoms with Crippen LogP contribution < -0.4 is 16.8 Å². The van der Waals surface area contributed by atoms with Crippen LogP contribution in [-0.4, -0.2) is 32.3 Å². The van der Waals surface area contributed by atoms with Crippen molar-refractivity contribution in [3.63, 3.8) is 0 Å². The van der Waals surface area contributed by atoms with Crippen molar-refractivity contribution in [2.75, 3.05) is 11.5 Å². The molecule has 0 saturated carbocycles. The van der Waals surface area contributed by atoms with Crippen molar-refractivity contribution in [1.29, 1.82) is 5.41 Å². The lowest BCUT2D eigenvalue weighted by Gasteiger charge is -2.05. The number of hydrogen-bond acceptors (Lipinski definition) is 5. The summed E-state index contributed by atoms with van der Waals surface area (Å²) in [6.07, 6.45) is 4.43. The lowest BCUT2D eigenvalue weighted by molar-refractivity contribution is -0.122. The average molecular weight is 459 g/mol. The van der Waals surface area contributed by atoms with Crippen LogP contribution in [0.1, 0.15) is 17.5 Å². The number of aryl methyl sites for hydroxylation is 1. The van der Waals surface area contributed by atoms with Gasteiger partial charge in [0.1, 0.15) is 0 Å². The minimum atomic E-state index is -0.435. The molecule has 5 rings (SSSR count). The molecule has 0 unspecified atom stereocenters. The molecule has 0 radical (unpaired) electrons. The molecule has 4 aromatic rings. The first kappa shape index (κ1) is 20.9. The number of anilines is 1. The van der Waals surface area contributed by atoms with Crippen LogP contribution in [0.3, 0.4) is 0 Å². The first-order valence-corrected chi connectivity index (χ1v) is 11.4. The van der Waals surface area contributed by atoms with E-state index in [-0.39, 0.29) is 5.17 Å². The normalized spacial score (nSPS) is 13.9. The molecule has 0 spiro atoms. The predicted octanol–water partition coefficient (Wildman–Crippen LogP) is 3.29. The zero-order valence-corrected chi connectivity index (χ0v) is 18.5. The summed E-state index contributed by atoms with van der Waals surface area (Å²) in [5, 5.41) is 11.5. The molecule has 1 aliphatic rings. The largest absolute Gasteiger partial charge is 0.398 e. The summed E-state index contributed by atoms with van der Waals surface area (Å²) < 4.78 is 2.04. The van der Waals surface area contributed by atoms with Crippen molar-refractivity contribution in [3.8, 4) is 0 Å². The van der Waals surface area contributed by atoms with Crippen molar-refractivity contribution >= 4 is 67.4 Å². The fourth-order valence-electron chi connectivity index (χ4n) is 4.42. The molecular weight excluding hydrogens is 436 g/mol. The number of thioether (sulfide) groups is 1. The molecule has 2 aromatic heterocycles. The van der Waals surface area contributed by atoms with E-state index in [1.54, 1.807) is 12.3 Å². The summed E-state index contributed by atoms with van der Waals surface area (Å²) in [6, 6.07) is 13.3. The third-order valence-electron chi connectivity index (χ3n) is 5.80. The fraction of sp³-hybridized carbons (Fsp3) is 0.125. The number of aromatic amines is 1. The highest BCUT2D eigenvalue weighted by atomic mass is 32.2. The van der Waals surface area contributed by atoms with Crippen LogP contribution in [0.4, 0.5) is 5.69 Å². The summed E-state index contributed by atoms with van der Waals surface area (Å²) in [5.74, 6) is -0.155. The van der Waals surface area contributed by atoms with E-state index < -0.39 is 11.8 Å². The Balaban J connectivity index is 1.69. The number of nitrogen functional groups attached to an aromatic ring is 1. The Labute approximate surface area is 193 Å². The Morgan fingerprint density at radius 1 is 1.03 bits per heavy atom. The van der Waals surface area contributed by atoms with Gasteiger partial charge >= 0.3 is 0 Å². The van der Waals surface area contributed by atoms with Gasteiger partial charge in [-0.15, -0.1) is 0 Å². The molecule has 2 aromatic carbocycles. The molecule has 166 valence electrons. The monoisotopic (exact) mass is 458 g/mol. The van der Waals surface area contributed by atoms with Crippen LogP contribution in [0.2, 0.25) is 0 Å². The molecule has 7 N–H and O–H groups in total. The number of rotatable bonds is 6. The molecule has 9 heteroatoms. The molecule has 0 atom stereocenters. The van der Waals surface area contributed by atoms with Gasteiger partial charge in [-0.1, -0.05) is 36.0 Å². The smallest absolute Gasteiger partial charge is 0.259 e. The van der Waals surface area contributed by atoms with Crippen LogP contribution in [-0.2, 0) is 16.1 Å². The lowest BCUT2D eigenvalue weighted by Crippen LogP contribution is -2.22. The molecule has 1 aliphatic heterocycles. The maximum atomic E-state index is 13.0. The van der Waals surface area contributed by atoms with E-state index in [9.17, 15) is 9.59 Å². The molecule has 2 amide bonds. The van der Waals surface area contributed by atoms with Crippen molar-refractivity contribution < 1.29 is 9.59 Å². The number of imide groups is 1. The number of hydrogen-bond donors (Lipinski definition) is 5. The van der Waals surface area contributed by atoms with Gasteiger partial charge in [-0.3, -0.25) is 20.3 Å². The van der Waals surface area contributed by atoms with Gasteiger partial charge in [-0.2, -0.15) is 0 Å². The minimum Gasteiger partial charge on any atom is -0.398 e. The number of amidine groups is 1. The summed E-state index contributed by atoms with van der Waals surface area (Å²) in [5.41, 5.74) is 16.1. The quantitative estimate of drug-likeness (QED) is 0.0990. The molecule has 33 heavy (non-hydrogen) atoms. The number of amides is 2. The van der Waals surface area contributed by atoms with Gasteiger partial charge in [0.25, 0.3) is 11.8 Å². The van der Waals surface area contributed by atoms with Crippen LogP contribution in [0.25, 0.3) is 33.0 Å². The van der Waals surface area contributed by atoms with Gasteiger partial charge in [0.05, 0.1) is 16.7 Å². The number of H-pyrrole nitrogens is 1. The molecular formula is C24H22N6O2S. The van der Waals surface area contributed by atoms with E-state index in [2.05, 4.69) is 10.3 Å². The highest BCUT2D eigenvalue weighted by Crippen LogP contribution is 2.39. The Kier molecular flexibility index (Phi) is 5.18. The van der Waals surface area contributed by atoms with Crippen LogP contribution in [0, 0.1) is 5.41 Å². The zero-order valence-electron chi connectivity index (χ0n) is 17.6. The van der Waals surface area contributed by atoms with Gasteiger partial charge in [0, 0.05) is 57.8 Å². The number of para-hydroxylation sites is 1. The first-order chi connectivity index (χ1) is 16.0. The lowest BCUT2D eigenvalue weighted by atomic mass is 9.95. The number of nitrogens with one attached hydrogen (secondary N) is 3. The Hall–Kier alpha value is -3.98. The van der Waals surface area contributed by atoms with E-state index in [4.69, 9.17) is 16.9 Å².